The summed E-state index contributed by atoms with van der Waals surface area (Å²) in [6, 6.07) is 3.47. The first-order valence-electron chi connectivity index (χ1n) is 41.8. The molecule has 99 heavy (non-hydrogen) atoms. The predicted molar refractivity (Wildman–Crippen MR) is 387 cm³/mol. The molecule has 0 bridgehead atoms. The van der Waals surface area contributed by atoms with Crippen molar-refractivity contribution in [1.29, 1.82) is 0 Å². The lowest BCUT2D eigenvalue weighted by molar-refractivity contribution is -0.242. The average Bonchev–Trinajstić information content (AvgIpc) is 1.47. The second-order valence-electron chi connectivity index (χ2n) is 39.9. The van der Waals surface area contributed by atoms with E-state index in [9.17, 15) is 14.7 Å². The Morgan fingerprint density at radius 2 is 1.00 bits per heavy atom. The Morgan fingerprint density at radius 1 is 0.545 bits per heavy atom. The third kappa shape index (κ3) is 10.6. The van der Waals surface area contributed by atoms with E-state index in [1.54, 1.807) is 4.90 Å². The Kier molecular flexibility index (Phi) is 19.0. The summed E-state index contributed by atoms with van der Waals surface area (Å²) in [5.74, 6) is 4.49. The number of ether oxygens (including phenoxy) is 8. The number of amides is 2. The molecule has 0 aromatic heterocycles. The van der Waals surface area contributed by atoms with E-state index in [2.05, 4.69) is 123 Å². The molecule has 6 aliphatic heterocycles. The highest BCUT2D eigenvalue weighted by atomic mass is 28.4. The fraction of sp³-hybridized carbons (Fsp3) is 0.976. The van der Waals surface area contributed by atoms with Gasteiger partial charge >= 0.3 is 12.2 Å². The van der Waals surface area contributed by atoms with Crippen molar-refractivity contribution in [3.05, 3.63) is 0 Å². The molecular weight excluding hydrogens is 1260 g/mol. The maximum absolute atomic E-state index is 13.3. The minimum absolute atomic E-state index is 0.0129. The molecule has 6 unspecified atom stereocenters. The summed E-state index contributed by atoms with van der Waals surface area (Å²) < 4.78 is 60.9. The number of nitrogens with zero attached hydrogens (tertiary/aromatic N) is 2. The fourth-order valence-electron chi connectivity index (χ4n) is 29.4. The molecule has 16 heteroatoms. The van der Waals surface area contributed by atoms with Gasteiger partial charge in [-0.05, 0) is 255 Å². The SMILES string of the molecule is CC(C)C(OC(=O)N1CCC1)[C@H]1C[C@@H](C)[C@H]2[C@H](O1)[C@H](O)[C@@]1(C)[C@@H]3CC[C@H]4C(C)(C)C(O[C@H]5CNCCO5)CCC45C[C@@]35CC[C@]21C.CC[Si](CC)(CC)O[C@H]1[C@H]2O[C@@H](C(OC(=O)N3CCC3)C(C)C)C[C@@H](C)[C@@H]2[C@@]2(C)CC[C@@]34CC35CCC(O[C@H]3CCCCO3)C(C)(C)[C@@H]5CC[C@H]4[C@]12C. The molecule has 15 nitrogen and oxygen atoms in total. The van der Waals surface area contributed by atoms with E-state index < -0.39 is 14.4 Å². The van der Waals surface area contributed by atoms with Crippen LogP contribution < -0.4 is 5.32 Å². The third-order valence-corrected chi connectivity index (χ3v) is 39.8. The van der Waals surface area contributed by atoms with Crippen molar-refractivity contribution in [3.63, 3.8) is 0 Å². The summed E-state index contributed by atoms with van der Waals surface area (Å²) in [6.45, 7) is 47.7. The number of hydrogen-bond donors (Lipinski definition) is 2. The number of aliphatic hydroxyl groups excluding tert-OH is 1. The number of aliphatic hydroxyl groups is 1. The monoisotopic (exact) mass is 1400 g/mol. The number of carbonyl (C=O) groups excluding carboxylic acids is 2. The van der Waals surface area contributed by atoms with Crippen LogP contribution in [0.25, 0.3) is 0 Å². The predicted octanol–water partition coefficient (Wildman–Crippen LogP) is 16.6. The van der Waals surface area contributed by atoms with Gasteiger partial charge in [-0.3, -0.25) is 0 Å². The van der Waals surface area contributed by atoms with Gasteiger partial charge in [0.2, 0.25) is 0 Å². The van der Waals surface area contributed by atoms with Crippen LogP contribution in [-0.2, 0) is 42.3 Å². The highest BCUT2D eigenvalue weighted by molar-refractivity contribution is 6.73. The van der Waals surface area contributed by atoms with Gasteiger partial charge in [0.25, 0.3) is 0 Å². The molecule has 562 valence electrons. The van der Waals surface area contributed by atoms with Crippen molar-refractivity contribution < 1.29 is 57.0 Å². The highest BCUT2D eigenvalue weighted by Gasteiger charge is 2.87. The Hall–Kier alpha value is -1.60. The number of nitrogens with one attached hydrogen (secondary N) is 1. The van der Waals surface area contributed by atoms with Crippen LogP contribution in [0, 0.1) is 113 Å². The van der Waals surface area contributed by atoms with Gasteiger partial charge in [0, 0.05) is 56.7 Å². The minimum atomic E-state index is -2.00. The van der Waals surface area contributed by atoms with E-state index in [0.29, 0.717) is 69.0 Å². The Balaban J connectivity index is 0.000000163. The Morgan fingerprint density at radius 3 is 1.45 bits per heavy atom. The molecule has 16 fully saturated rings. The van der Waals surface area contributed by atoms with Crippen molar-refractivity contribution in [2.24, 2.45) is 113 Å². The van der Waals surface area contributed by atoms with Crippen molar-refractivity contribution in [2.45, 2.75) is 344 Å². The third-order valence-electron chi connectivity index (χ3n) is 35.2. The fourth-order valence-corrected chi connectivity index (χ4v) is 32.4. The second kappa shape index (κ2) is 25.8. The first-order valence-corrected chi connectivity index (χ1v) is 44.3. The lowest BCUT2D eigenvalue weighted by Crippen LogP contribution is -2.61. The zero-order valence-electron chi connectivity index (χ0n) is 65.2. The van der Waals surface area contributed by atoms with Crippen LogP contribution >= 0.6 is 0 Å². The highest BCUT2D eigenvalue weighted by Crippen LogP contribution is 2.91. The number of hydrogen-bond acceptors (Lipinski definition) is 13. The number of rotatable bonds is 15. The van der Waals surface area contributed by atoms with Gasteiger partial charge in [-0.1, -0.05) is 118 Å². The van der Waals surface area contributed by atoms with Crippen LogP contribution in [0.5, 0.6) is 0 Å². The molecule has 10 aliphatic carbocycles. The number of likely N-dealkylation sites (tertiary alicyclic amines) is 2. The van der Waals surface area contributed by atoms with E-state index >= 15 is 0 Å². The molecule has 0 radical (unpaired) electrons. The van der Waals surface area contributed by atoms with Gasteiger partial charge in [0.05, 0.1) is 55.4 Å². The number of carbonyl (C=O) groups is 2. The molecule has 2 N–H and O–H groups in total. The number of morpholine rings is 1. The molecule has 28 atom stereocenters. The zero-order chi connectivity index (χ0) is 70.2. The molecule has 4 spiro atoms. The van der Waals surface area contributed by atoms with Gasteiger partial charge in [0.15, 0.2) is 20.9 Å². The summed E-state index contributed by atoms with van der Waals surface area (Å²) in [7, 11) is -2.00. The summed E-state index contributed by atoms with van der Waals surface area (Å²) in [5.41, 5.74) is 1.76. The van der Waals surface area contributed by atoms with Gasteiger partial charge in [-0.15, -0.1) is 0 Å². The molecule has 0 aromatic rings. The Labute approximate surface area is 599 Å². The van der Waals surface area contributed by atoms with Crippen molar-refractivity contribution in [3.8, 4) is 0 Å². The van der Waals surface area contributed by atoms with Crippen LogP contribution in [0.2, 0.25) is 18.1 Å². The zero-order valence-corrected chi connectivity index (χ0v) is 66.2. The van der Waals surface area contributed by atoms with E-state index in [1.165, 1.54) is 96.3 Å². The summed E-state index contributed by atoms with van der Waals surface area (Å²) in [5, 5.41) is 16.1. The van der Waals surface area contributed by atoms with Crippen molar-refractivity contribution in [2.75, 3.05) is 52.5 Å². The van der Waals surface area contributed by atoms with Crippen LogP contribution in [0.3, 0.4) is 0 Å². The van der Waals surface area contributed by atoms with Crippen LogP contribution in [0.1, 0.15) is 253 Å². The number of fused-ring (bicyclic) bond motifs is 8. The van der Waals surface area contributed by atoms with Gasteiger partial charge < -0.3 is 62.5 Å². The van der Waals surface area contributed by atoms with E-state index in [0.717, 1.165) is 109 Å². The molecule has 6 heterocycles. The van der Waals surface area contributed by atoms with Crippen molar-refractivity contribution in [1.82, 2.24) is 15.1 Å². The summed E-state index contributed by atoms with van der Waals surface area (Å²) in [6.07, 6.45) is 23.6. The second-order valence-corrected chi connectivity index (χ2v) is 44.6. The molecule has 0 aromatic carbocycles. The van der Waals surface area contributed by atoms with E-state index in [-0.39, 0.29) is 124 Å². The Bertz CT molecular complexity index is 2940. The lowest BCUT2D eigenvalue weighted by Gasteiger charge is -2.64. The van der Waals surface area contributed by atoms with E-state index in [1.807, 2.05) is 4.90 Å². The van der Waals surface area contributed by atoms with Crippen molar-refractivity contribution >= 4 is 20.5 Å². The maximum Gasteiger partial charge on any atom is 0.410 e. The van der Waals surface area contributed by atoms with E-state index in [4.69, 9.17) is 42.3 Å². The first-order chi connectivity index (χ1) is 47.0. The largest absolute Gasteiger partial charge is 0.443 e. The quantitative estimate of drug-likeness (QED) is 0.118. The standard InChI is InChI=1S/C45H77NO6Si.C38H62N2O6/c1-11-53(12-2,13-3)52-39-38-36(30(6)27-31(49-38)37(29(4)5)51-40(47)46-24-16-25-46)42(9)22-23-45-28-44(45)21-20-34(50-35-17-14-15-26-48-35)41(7,8)32(44)18-19-33(45)43(39,42)10;1-22(2)30(46-33(42)40-16-8-17-40)24-19-23(3)29-31(44-24)32(41)36(7)26-10-9-25-34(4,5)27(45-28-20-39-15-18-43-28)11-12-37(25)21-38(26,37)14-13-35(29,36)6/h29-39H,11-28H2,1-10H3;22-32,39,41H,8-21H2,1-7H3/t30-,31-,32+,33+,34?,35+,36+,37?,38+,39+,42-,43-,44?,45+;23-,24-,25+,26+,27?,28+,29+,30?,31+,32+,35-,36-,37?,38+/m11/s1. The molecular formula is C83H139N3O12Si. The topological polar surface area (TPSA) is 156 Å². The minimum Gasteiger partial charge on any atom is -0.443 e. The molecule has 16 rings (SSSR count). The molecule has 10 saturated carbocycles. The molecule has 2 amide bonds. The smallest absolute Gasteiger partial charge is 0.410 e. The summed E-state index contributed by atoms with van der Waals surface area (Å²) >= 11 is 0. The molecule has 16 aliphatic rings. The normalized spacial score (nSPS) is 50.0. The maximum atomic E-state index is 13.3. The van der Waals surface area contributed by atoms with Gasteiger partial charge in [-0.2, -0.15) is 0 Å². The first kappa shape index (κ1) is 72.9. The van der Waals surface area contributed by atoms with Crippen LogP contribution in [0.15, 0.2) is 0 Å². The van der Waals surface area contributed by atoms with Crippen LogP contribution in [-0.4, -0.2) is 162 Å². The van der Waals surface area contributed by atoms with Crippen LogP contribution in [0.4, 0.5) is 9.59 Å². The van der Waals surface area contributed by atoms with Gasteiger partial charge in [0.1, 0.15) is 12.2 Å². The average molecular weight is 1400 g/mol. The summed E-state index contributed by atoms with van der Waals surface area (Å²) in [4.78, 5) is 29.8. The van der Waals surface area contributed by atoms with Gasteiger partial charge in [-0.25, -0.2) is 9.59 Å². The lowest BCUT2D eigenvalue weighted by atomic mass is 9.41. The molecule has 6 saturated heterocycles.